The molecule has 0 aliphatic heterocycles. The van der Waals surface area contributed by atoms with Gasteiger partial charge in [0.25, 0.3) is 0 Å². The Bertz CT molecular complexity index is 1670. The molecule has 0 radical (unpaired) electrons. The molecular weight excluding hydrogens is 544 g/mol. The van der Waals surface area contributed by atoms with Gasteiger partial charge in [0.1, 0.15) is 0 Å². The lowest BCUT2D eigenvalue weighted by atomic mass is 9.98. The van der Waals surface area contributed by atoms with Crippen LogP contribution >= 0.6 is 0 Å². The maximum Gasteiger partial charge on any atom is 0.335 e. The number of hydrogen-bond acceptors (Lipinski definition) is 8. The fourth-order valence-corrected chi connectivity index (χ4v) is 4.17. The van der Waals surface area contributed by atoms with Crippen molar-refractivity contribution in [3.05, 3.63) is 107 Å². The molecule has 0 amide bonds. The second kappa shape index (κ2) is 11.1. The van der Waals surface area contributed by atoms with E-state index in [0.717, 1.165) is 12.1 Å². The van der Waals surface area contributed by atoms with Crippen molar-refractivity contribution < 1.29 is 39.6 Å². The molecule has 1 heterocycles. The van der Waals surface area contributed by atoms with E-state index in [9.17, 15) is 39.6 Å². The van der Waals surface area contributed by atoms with Crippen LogP contribution in [0.15, 0.2) is 84.9 Å². The van der Waals surface area contributed by atoms with Crippen molar-refractivity contribution in [1.82, 2.24) is 20.4 Å². The first-order valence-corrected chi connectivity index (χ1v) is 12.1. The van der Waals surface area contributed by atoms with Gasteiger partial charge in [-0.3, -0.25) is 0 Å². The Morgan fingerprint density at radius 3 is 0.833 bits per heavy atom. The first-order chi connectivity index (χ1) is 20.1. The summed E-state index contributed by atoms with van der Waals surface area (Å²) in [5.41, 5.74) is 2.58. The predicted molar refractivity (Wildman–Crippen MR) is 147 cm³/mol. The molecule has 0 spiro atoms. The van der Waals surface area contributed by atoms with Gasteiger partial charge in [-0.05, 0) is 58.7 Å². The fourth-order valence-electron chi connectivity index (χ4n) is 4.17. The Labute approximate surface area is 236 Å². The quantitative estimate of drug-likeness (QED) is 0.203. The van der Waals surface area contributed by atoms with Crippen molar-refractivity contribution in [2.45, 2.75) is 0 Å². The summed E-state index contributed by atoms with van der Waals surface area (Å²) in [5, 5.41) is 53.8. The molecule has 206 valence electrons. The van der Waals surface area contributed by atoms with E-state index in [2.05, 4.69) is 20.4 Å². The van der Waals surface area contributed by atoms with Crippen LogP contribution in [-0.2, 0) is 0 Å². The standard InChI is InChI=1S/C30H18N4O8/c35-27(36)21-9-19(10-22(13-21)28(37)38)15-1-5-17(6-2-15)25-31-33-26(34-32-25)18-7-3-16(4-8-18)20-11-23(29(39)40)14-24(12-20)30(41)42/h1-14H,(H,35,36)(H,37,38)(H,39,40)(H,41,42). The number of carbonyl (C=O) groups is 4. The van der Waals surface area contributed by atoms with Crippen molar-refractivity contribution in [2.75, 3.05) is 0 Å². The van der Waals surface area contributed by atoms with E-state index in [1.807, 2.05) is 0 Å². The van der Waals surface area contributed by atoms with E-state index in [4.69, 9.17) is 0 Å². The molecule has 0 atom stereocenters. The van der Waals surface area contributed by atoms with E-state index in [1.54, 1.807) is 48.5 Å². The van der Waals surface area contributed by atoms with E-state index >= 15 is 0 Å². The van der Waals surface area contributed by atoms with E-state index in [-0.39, 0.29) is 33.9 Å². The van der Waals surface area contributed by atoms with Crippen molar-refractivity contribution in [1.29, 1.82) is 0 Å². The van der Waals surface area contributed by atoms with Gasteiger partial charge in [-0.25, -0.2) is 19.2 Å². The monoisotopic (exact) mass is 562 g/mol. The summed E-state index contributed by atoms with van der Waals surface area (Å²) in [7, 11) is 0. The minimum Gasteiger partial charge on any atom is -0.478 e. The molecule has 0 fully saturated rings. The molecule has 5 aromatic rings. The highest BCUT2D eigenvalue weighted by Crippen LogP contribution is 2.27. The molecule has 12 nitrogen and oxygen atoms in total. The molecule has 4 N–H and O–H groups in total. The van der Waals surface area contributed by atoms with E-state index in [0.29, 0.717) is 33.4 Å². The SMILES string of the molecule is O=C(O)c1cc(C(=O)O)cc(-c2ccc(-c3nnc(-c4ccc(-c5cc(C(=O)O)cc(C(=O)O)c5)cc4)nn3)cc2)c1. The molecule has 0 unspecified atom stereocenters. The molecule has 0 saturated heterocycles. The Morgan fingerprint density at radius 1 is 0.357 bits per heavy atom. The lowest BCUT2D eigenvalue weighted by molar-refractivity contribution is 0.0676. The number of aromatic nitrogens is 4. The number of carboxylic acids is 4. The smallest absolute Gasteiger partial charge is 0.335 e. The van der Waals surface area contributed by atoms with Crippen LogP contribution in [0, 0.1) is 0 Å². The lowest BCUT2D eigenvalue weighted by Gasteiger charge is -2.08. The van der Waals surface area contributed by atoms with Crippen LogP contribution in [0.1, 0.15) is 41.4 Å². The first-order valence-electron chi connectivity index (χ1n) is 12.1. The van der Waals surface area contributed by atoms with Crippen molar-refractivity contribution in [2.24, 2.45) is 0 Å². The third kappa shape index (κ3) is 5.67. The largest absolute Gasteiger partial charge is 0.478 e. The molecule has 5 rings (SSSR count). The van der Waals surface area contributed by atoms with Gasteiger partial charge < -0.3 is 20.4 Å². The number of hydrogen-bond donors (Lipinski definition) is 4. The minimum atomic E-state index is -1.24. The van der Waals surface area contributed by atoms with E-state index in [1.165, 1.54) is 24.3 Å². The topological polar surface area (TPSA) is 201 Å². The zero-order chi connectivity index (χ0) is 30.0. The normalized spacial score (nSPS) is 10.7. The van der Waals surface area contributed by atoms with Gasteiger partial charge in [-0.2, -0.15) is 0 Å². The van der Waals surface area contributed by atoms with Crippen molar-refractivity contribution in [3.63, 3.8) is 0 Å². The van der Waals surface area contributed by atoms with Crippen molar-refractivity contribution >= 4 is 23.9 Å². The molecule has 4 aromatic carbocycles. The summed E-state index contributed by atoms with van der Waals surface area (Å²) in [4.78, 5) is 45.7. The highest BCUT2D eigenvalue weighted by molar-refractivity contribution is 5.97. The highest BCUT2D eigenvalue weighted by atomic mass is 16.4. The van der Waals surface area contributed by atoms with Gasteiger partial charge >= 0.3 is 23.9 Å². The van der Waals surface area contributed by atoms with Crippen LogP contribution in [0.5, 0.6) is 0 Å². The lowest BCUT2D eigenvalue weighted by Crippen LogP contribution is -2.03. The van der Waals surface area contributed by atoms with Gasteiger partial charge in [0.05, 0.1) is 22.3 Å². The summed E-state index contributed by atoms with van der Waals surface area (Å²) in [6, 6.07) is 21.1. The second-order valence-electron chi connectivity index (χ2n) is 9.02. The van der Waals surface area contributed by atoms with Crippen LogP contribution in [0.2, 0.25) is 0 Å². The second-order valence-corrected chi connectivity index (χ2v) is 9.02. The maximum atomic E-state index is 11.4. The average molecular weight is 562 g/mol. The average Bonchev–Trinajstić information content (AvgIpc) is 3.00. The number of benzene rings is 4. The van der Waals surface area contributed by atoms with Crippen LogP contribution in [0.3, 0.4) is 0 Å². The van der Waals surface area contributed by atoms with Crippen LogP contribution in [-0.4, -0.2) is 64.7 Å². The molecule has 12 heteroatoms. The van der Waals surface area contributed by atoms with Crippen LogP contribution in [0.25, 0.3) is 45.0 Å². The molecule has 42 heavy (non-hydrogen) atoms. The van der Waals surface area contributed by atoms with Gasteiger partial charge in [0.2, 0.25) is 11.6 Å². The Balaban J connectivity index is 1.37. The van der Waals surface area contributed by atoms with Gasteiger partial charge in [0.15, 0.2) is 0 Å². The fraction of sp³-hybridized carbons (Fsp3) is 0. The van der Waals surface area contributed by atoms with Gasteiger partial charge in [0, 0.05) is 11.1 Å². The predicted octanol–water partition coefficient (Wildman–Crippen LogP) is 4.73. The molecule has 0 aliphatic rings. The Hall–Kier alpha value is -6.30. The summed E-state index contributed by atoms with van der Waals surface area (Å²) < 4.78 is 0. The van der Waals surface area contributed by atoms with Gasteiger partial charge in [-0.15, -0.1) is 20.4 Å². The van der Waals surface area contributed by atoms with Crippen LogP contribution < -0.4 is 0 Å². The number of nitrogens with zero attached hydrogens (tertiary/aromatic N) is 4. The Morgan fingerprint density at radius 2 is 0.595 bits per heavy atom. The zero-order valence-corrected chi connectivity index (χ0v) is 21.3. The van der Waals surface area contributed by atoms with Gasteiger partial charge in [-0.1, -0.05) is 48.5 Å². The third-order valence-electron chi connectivity index (χ3n) is 6.29. The minimum absolute atomic E-state index is 0.145. The summed E-state index contributed by atoms with van der Waals surface area (Å²) in [6.07, 6.45) is 0. The Kier molecular flexibility index (Phi) is 7.18. The third-order valence-corrected chi connectivity index (χ3v) is 6.29. The van der Waals surface area contributed by atoms with E-state index < -0.39 is 23.9 Å². The highest BCUT2D eigenvalue weighted by Gasteiger charge is 2.15. The number of rotatable bonds is 8. The maximum absolute atomic E-state index is 11.4. The summed E-state index contributed by atoms with van der Waals surface area (Å²) in [5.74, 6) is -4.52. The summed E-state index contributed by atoms with van der Waals surface area (Å²) >= 11 is 0. The zero-order valence-electron chi connectivity index (χ0n) is 21.3. The molecule has 1 aromatic heterocycles. The summed E-state index contributed by atoms with van der Waals surface area (Å²) in [6.45, 7) is 0. The first kappa shape index (κ1) is 27.3. The molecule has 0 saturated carbocycles. The van der Waals surface area contributed by atoms with Crippen molar-refractivity contribution in [3.8, 4) is 45.0 Å². The molecule has 0 bridgehead atoms. The molecule has 0 aliphatic carbocycles. The number of aromatic carboxylic acids is 4. The number of carboxylic acid groups (broad SMARTS) is 4. The van der Waals surface area contributed by atoms with Crippen LogP contribution in [0.4, 0.5) is 0 Å². The molecular formula is C30H18N4O8.